The predicted octanol–water partition coefficient (Wildman–Crippen LogP) is 4.07. The molecule has 0 radical (unpaired) electrons. The maximum absolute atomic E-state index is 12.3. The topological polar surface area (TPSA) is 59.3 Å². The molecule has 1 aliphatic rings. The van der Waals surface area contributed by atoms with Gasteiger partial charge >= 0.3 is 6.09 Å². The summed E-state index contributed by atoms with van der Waals surface area (Å²) in [5.41, 5.74) is 3.90. The Bertz CT molecular complexity index is 1030. The van der Waals surface area contributed by atoms with Crippen molar-refractivity contribution in [1.29, 1.82) is 0 Å². The van der Waals surface area contributed by atoms with Crippen molar-refractivity contribution >= 4 is 17.3 Å². The van der Waals surface area contributed by atoms with Crippen molar-refractivity contribution in [2.24, 2.45) is 0 Å². The minimum atomic E-state index is -0.467. The van der Waals surface area contributed by atoms with E-state index < -0.39 is 5.60 Å². The van der Waals surface area contributed by atoms with Gasteiger partial charge < -0.3 is 19.3 Å². The van der Waals surface area contributed by atoms with E-state index in [1.54, 1.807) is 18.2 Å². The van der Waals surface area contributed by atoms with Crippen LogP contribution in [-0.4, -0.2) is 59.5 Å². The molecule has 0 bridgehead atoms. The number of anilines is 1. The molecule has 3 aromatic rings. The van der Waals surface area contributed by atoms with Crippen LogP contribution < -0.4 is 9.64 Å². The lowest BCUT2D eigenvalue weighted by Crippen LogP contribution is -2.50. The van der Waals surface area contributed by atoms with Crippen LogP contribution in [0.25, 0.3) is 16.6 Å². The van der Waals surface area contributed by atoms with Crippen LogP contribution in [0.3, 0.4) is 0 Å². The molecule has 4 rings (SSSR count). The summed E-state index contributed by atoms with van der Waals surface area (Å²) in [6, 6.07) is 12.5. The largest absolute Gasteiger partial charge is 0.495 e. The molecule has 0 saturated carbocycles. The third-order valence-electron chi connectivity index (χ3n) is 5.19. The molecule has 0 atom stereocenters. The Hall–Kier alpha value is -3.22. The third kappa shape index (κ3) is 4.20. The molecule has 2 aromatic heterocycles. The highest BCUT2D eigenvalue weighted by atomic mass is 16.6. The number of methoxy groups -OCH3 is 1. The summed E-state index contributed by atoms with van der Waals surface area (Å²) in [5.74, 6) is 0.767. The highest BCUT2D eigenvalue weighted by molar-refractivity contribution is 5.81. The molecule has 3 heterocycles. The number of pyridine rings is 1. The van der Waals surface area contributed by atoms with Crippen molar-refractivity contribution in [1.82, 2.24) is 14.5 Å². The fraction of sp³-hybridized carbons (Fsp3) is 0.391. The molecular formula is C23H28N4O3. The Balaban J connectivity index is 1.47. The normalized spacial score (nSPS) is 14.8. The molecule has 1 saturated heterocycles. The summed E-state index contributed by atoms with van der Waals surface area (Å²) < 4.78 is 12.7. The Morgan fingerprint density at radius 2 is 1.73 bits per heavy atom. The monoisotopic (exact) mass is 408 g/mol. The van der Waals surface area contributed by atoms with Gasteiger partial charge in [0.2, 0.25) is 0 Å². The van der Waals surface area contributed by atoms with Gasteiger partial charge in [0.05, 0.1) is 25.0 Å². The molecule has 7 nitrogen and oxygen atoms in total. The number of rotatable bonds is 3. The molecule has 0 spiro atoms. The van der Waals surface area contributed by atoms with Crippen molar-refractivity contribution in [2.45, 2.75) is 26.4 Å². The quantitative estimate of drug-likeness (QED) is 0.654. The first-order valence-electron chi connectivity index (χ1n) is 10.2. The highest BCUT2D eigenvalue weighted by Gasteiger charge is 2.26. The van der Waals surface area contributed by atoms with Crippen LogP contribution in [0.5, 0.6) is 5.75 Å². The summed E-state index contributed by atoms with van der Waals surface area (Å²) in [6.07, 6.45) is 3.43. The number of ether oxygens (including phenoxy) is 2. The fourth-order valence-electron chi connectivity index (χ4n) is 3.67. The van der Waals surface area contributed by atoms with Crippen LogP contribution in [0.15, 0.2) is 48.8 Å². The van der Waals surface area contributed by atoms with E-state index in [0.29, 0.717) is 13.1 Å². The number of piperazine rings is 1. The first-order chi connectivity index (χ1) is 14.3. The molecule has 1 aliphatic heterocycles. The lowest BCUT2D eigenvalue weighted by Gasteiger charge is -2.36. The first-order valence-corrected chi connectivity index (χ1v) is 10.2. The number of carbonyl (C=O) groups is 1. The van der Waals surface area contributed by atoms with Gasteiger partial charge in [-0.25, -0.2) is 9.31 Å². The summed E-state index contributed by atoms with van der Waals surface area (Å²) in [6.45, 7) is 8.55. The molecule has 0 N–H and O–H groups in total. The van der Waals surface area contributed by atoms with Gasteiger partial charge in [-0.05, 0) is 50.6 Å². The number of hydrogen-bond acceptors (Lipinski definition) is 5. The second kappa shape index (κ2) is 7.89. The van der Waals surface area contributed by atoms with Gasteiger partial charge in [0.15, 0.2) is 0 Å². The van der Waals surface area contributed by atoms with Crippen molar-refractivity contribution in [3.05, 3.63) is 48.8 Å². The van der Waals surface area contributed by atoms with E-state index in [1.807, 2.05) is 43.6 Å². The number of hydrogen-bond donors (Lipinski definition) is 0. The number of fused-ring (bicyclic) bond motifs is 1. The smallest absolute Gasteiger partial charge is 0.410 e. The SMILES string of the molecule is COc1cc(-c2ccc(N3CCN(C(=O)OC(C)(C)C)CC3)cc2)c2ccnn2c1. The summed E-state index contributed by atoms with van der Waals surface area (Å²) in [7, 11) is 1.66. The van der Waals surface area contributed by atoms with Crippen LogP contribution >= 0.6 is 0 Å². The van der Waals surface area contributed by atoms with E-state index >= 15 is 0 Å². The van der Waals surface area contributed by atoms with Crippen molar-refractivity contribution in [3.8, 4) is 16.9 Å². The molecular weight excluding hydrogens is 380 g/mol. The zero-order valence-electron chi connectivity index (χ0n) is 18.0. The minimum Gasteiger partial charge on any atom is -0.495 e. The van der Waals surface area contributed by atoms with E-state index in [-0.39, 0.29) is 6.09 Å². The van der Waals surface area contributed by atoms with Crippen LogP contribution in [0.1, 0.15) is 20.8 Å². The number of benzene rings is 1. The van der Waals surface area contributed by atoms with Crippen molar-refractivity contribution in [2.75, 3.05) is 38.2 Å². The summed E-state index contributed by atoms with van der Waals surface area (Å²) in [4.78, 5) is 16.3. The van der Waals surface area contributed by atoms with Gasteiger partial charge in [-0.3, -0.25) is 0 Å². The van der Waals surface area contributed by atoms with Gasteiger partial charge in [0.25, 0.3) is 0 Å². The zero-order valence-corrected chi connectivity index (χ0v) is 18.0. The van der Waals surface area contributed by atoms with Crippen LogP contribution in [0.4, 0.5) is 10.5 Å². The van der Waals surface area contributed by atoms with Crippen LogP contribution in [0.2, 0.25) is 0 Å². The first kappa shape index (κ1) is 20.1. The standard InChI is InChI=1S/C23H28N4O3/c1-23(2,3)30-22(28)26-13-11-25(12-14-26)18-7-5-17(6-8-18)20-15-19(29-4)16-27-21(20)9-10-24-27/h5-10,15-16H,11-14H2,1-4H3. The van der Waals surface area contributed by atoms with Gasteiger partial charge in [0, 0.05) is 37.4 Å². The Morgan fingerprint density at radius 3 is 2.37 bits per heavy atom. The predicted molar refractivity (Wildman–Crippen MR) is 117 cm³/mol. The molecule has 1 amide bonds. The fourth-order valence-corrected chi connectivity index (χ4v) is 3.67. The maximum atomic E-state index is 12.3. The lowest BCUT2D eigenvalue weighted by atomic mass is 10.0. The number of nitrogens with zero attached hydrogens (tertiary/aromatic N) is 4. The van der Waals surface area contributed by atoms with Crippen molar-refractivity contribution in [3.63, 3.8) is 0 Å². The van der Waals surface area contributed by atoms with Gasteiger partial charge in [0.1, 0.15) is 11.4 Å². The molecule has 158 valence electrons. The average Bonchev–Trinajstić information content (AvgIpc) is 3.21. The van der Waals surface area contributed by atoms with Gasteiger partial charge in [-0.15, -0.1) is 0 Å². The minimum absolute atomic E-state index is 0.236. The average molecular weight is 409 g/mol. The van der Waals surface area contributed by atoms with E-state index in [9.17, 15) is 4.79 Å². The van der Waals surface area contributed by atoms with Crippen LogP contribution in [-0.2, 0) is 4.74 Å². The third-order valence-corrected chi connectivity index (χ3v) is 5.19. The Kier molecular flexibility index (Phi) is 5.28. The Labute approximate surface area is 176 Å². The maximum Gasteiger partial charge on any atom is 0.410 e. The summed E-state index contributed by atoms with van der Waals surface area (Å²) in [5, 5.41) is 4.33. The number of aromatic nitrogens is 2. The van der Waals surface area contributed by atoms with Crippen LogP contribution in [0, 0.1) is 0 Å². The molecule has 0 aliphatic carbocycles. The highest BCUT2D eigenvalue weighted by Crippen LogP contribution is 2.30. The van der Waals surface area contributed by atoms with Gasteiger partial charge in [-0.2, -0.15) is 5.10 Å². The number of amides is 1. The van der Waals surface area contributed by atoms with Crippen molar-refractivity contribution < 1.29 is 14.3 Å². The number of carbonyl (C=O) groups excluding carboxylic acids is 1. The second-order valence-corrected chi connectivity index (χ2v) is 8.46. The zero-order chi connectivity index (χ0) is 21.3. The second-order valence-electron chi connectivity index (χ2n) is 8.46. The van der Waals surface area contributed by atoms with Gasteiger partial charge in [-0.1, -0.05) is 12.1 Å². The summed E-state index contributed by atoms with van der Waals surface area (Å²) >= 11 is 0. The molecule has 1 aromatic carbocycles. The van der Waals surface area contributed by atoms with E-state index in [2.05, 4.69) is 34.3 Å². The van der Waals surface area contributed by atoms with E-state index in [1.165, 1.54) is 0 Å². The van der Waals surface area contributed by atoms with E-state index in [4.69, 9.17) is 9.47 Å². The molecule has 0 unspecified atom stereocenters. The molecule has 30 heavy (non-hydrogen) atoms. The lowest BCUT2D eigenvalue weighted by molar-refractivity contribution is 0.0240. The van der Waals surface area contributed by atoms with E-state index in [0.717, 1.165) is 41.2 Å². The molecule has 7 heteroatoms. The molecule has 1 fully saturated rings. The Morgan fingerprint density at radius 1 is 1.03 bits per heavy atom.